The number of ether oxygens (including phenoxy) is 2. The highest BCUT2D eigenvalue weighted by Gasteiger charge is 2.19. The van der Waals surface area contributed by atoms with E-state index in [-0.39, 0.29) is 0 Å². The molecule has 0 atom stereocenters. The normalized spacial score (nSPS) is 13.6. The van der Waals surface area contributed by atoms with Gasteiger partial charge in [0.25, 0.3) is 0 Å². The SMILES string of the molecule is COc1cc(Br)cc2c1OCC(c1nn[nH]n1)=C2. The van der Waals surface area contributed by atoms with E-state index >= 15 is 0 Å². The van der Waals surface area contributed by atoms with Crippen LogP contribution < -0.4 is 9.47 Å². The second-order valence-corrected chi connectivity index (χ2v) is 4.64. The van der Waals surface area contributed by atoms with Crippen molar-refractivity contribution >= 4 is 27.6 Å². The molecule has 0 saturated heterocycles. The Hall–Kier alpha value is -1.89. The summed E-state index contributed by atoms with van der Waals surface area (Å²) in [6.07, 6.45) is 1.97. The van der Waals surface area contributed by atoms with E-state index in [4.69, 9.17) is 9.47 Å². The number of methoxy groups -OCH3 is 1. The minimum atomic E-state index is 0.393. The fraction of sp³-hybridized carbons (Fsp3) is 0.182. The molecule has 7 heteroatoms. The van der Waals surface area contributed by atoms with Crippen LogP contribution in [0.4, 0.5) is 0 Å². The third-order valence-corrected chi connectivity index (χ3v) is 3.06. The number of tetrazole rings is 1. The summed E-state index contributed by atoms with van der Waals surface area (Å²) in [5, 5.41) is 13.8. The average molecular weight is 309 g/mol. The molecule has 0 fully saturated rings. The van der Waals surface area contributed by atoms with E-state index in [0.717, 1.165) is 21.4 Å². The summed E-state index contributed by atoms with van der Waals surface area (Å²) in [4.78, 5) is 0. The van der Waals surface area contributed by atoms with E-state index in [1.807, 2.05) is 18.2 Å². The minimum Gasteiger partial charge on any atom is -0.493 e. The van der Waals surface area contributed by atoms with E-state index in [9.17, 15) is 0 Å². The Morgan fingerprint density at radius 2 is 2.33 bits per heavy atom. The van der Waals surface area contributed by atoms with Gasteiger partial charge in [0.05, 0.1) is 7.11 Å². The van der Waals surface area contributed by atoms with Crippen LogP contribution in [-0.2, 0) is 0 Å². The topological polar surface area (TPSA) is 72.9 Å². The number of hydrogen-bond donors (Lipinski definition) is 1. The lowest BCUT2D eigenvalue weighted by Crippen LogP contribution is -2.09. The number of nitrogens with zero attached hydrogens (tertiary/aromatic N) is 3. The maximum Gasteiger partial charge on any atom is 0.204 e. The lowest BCUT2D eigenvalue weighted by Gasteiger charge is -2.19. The third-order valence-electron chi connectivity index (χ3n) is 2.60. The predicted molar refractivity (Wildman–Crippen MR) is 68.2 cm³/mol. The van der Waals surface area contributed by atoms with Crippen LogP contribution in [-0.4, -0.2) is 34.3 Å². The van der Waals surface area contributed by atoms with Gasteiger partial charge in [0.2, 0.25) is 5.82 Å². The van der Waals surface area contributed by atoms with Crippen molar-refractivity contribution in [2.24, 2.45) is 0 Å². The van der Waals surface area contributed by atoms with Crippen LogP contribution >= 0.6 is 15.9 Å². The second-order valence-electron chi connectivity index (χ2n) is 3.72. The van der Waals surface area contributed by atoms with Gasteiger partial charge in [-0.3, -0.25) is 0 Å². The lowest BCUT2D eigenvalue weighted by atomic mass is 10.1. The number of halogens is 1. The molecule has 1 aromatic carbocycles. The van der Waals surface area contributed by atoms with E-state index in [2.05, 4.69) is 36.6 Å². The van der Waals surface area contributed by atoms with E-state index in [1.54, 1.807) is 7.11 Å². The largest absolute Gasteiger partial charge is 0.493 e. The molecule has 1 aromatic heterocycles. The Kier molecular flexibility index (Phi) is 2.75. The number of aromatic amines is 1. The highest BCUT2D eigenvalue weighted by atomic mass is 79.9. The number of nitrogens with one attached hydrogen (secondary N) is 1. The molecule has 0 spiro atoms. The van der Waals surface area contributed by atoms with Crippen molar-refractivity contribution in [1.82, 2.24) is 20.6 Å². The fourth-order valence-corrected chi connectivity index (χ4v) is 2.26. The maximum atomic E-state index is 5.70. The number of H-pyrrole nitrogens is 1. The average Bonchev–Trinajstić information content (AvgIpc) is 2.90. The van der Waals surface area contributed by atoms with Crippen LogP contribution in [0.3, 0.4) is 0 Å². The smallest absolute Gasteiger partial charge is 0.204 e. The van der Waals surface area contributed by atoms with Gasteiger partial charge in [-0.2, -0.15) is 5.21 Å². The Labute approximate surface area is 111 Å². The third kappa shape index (κ3) is 1.86. The summed E-state index contributed by atoms with van der Waals surface area (Å²) in [5.74, 6) is 1.97. The molecule has 2 heterocycles. The zero-order valence-corrected chi connectivity index (χ0v) is 11.1. The van der Waals surface area contributed by atoms with Gasteiger partial charge in [-0.1, -0.05) is 15.9 Å². The highest BCUT2D eigenvalue weighted by molar-refractivity contribution is 9.10. The number of hydrogen-bond acceptors (Lipinski definition) is 5. The molecule has 2 aromatic rings. The van der Waals surface area contributed by atoms with Gasteiger partial charge in [0.15, 0.2) is 11.5 Å². The molecule has 3 rings (SSSR count). The first kappa shape index (κ1) is 11.2. The molecule has 92 valence electrons. The van der Waals surface area contributed by atoms with Crippen LogP contribution in [0.2, 0.25) is 0 Å². The molecule has 0 aliphatic carbocycles. The van der Waals surface area contributed by atoms with Crippen LogP contribution in [0.25, 0.3) is 11.6 Å². The fourth-order valence-electron chi connectivity index (χ4n) is 1.81. The molecule has 0 radical (unpaired) electrons. The lowest BCUT2D eigenvalue weighted by molar-refractivity contribution is 0.327. The monoisotopic (exact) mass is 308 g/mol. The van der Waals surface area contributed by atoms with Crippen LogP contribution in [0, 0.1) is 0 Å². The maximum absolute atomic E-state index is 5.70. The Morgan fingerprint density at radius 1 is 1.44 bits per heavy atom. The minimum absolute atomic E-state index is 0.393. The van der Waals surface area contributed by atoms with Crippen molar-refractivity contribution in [3.05, 3.63) is 28.0 Å². The van der Waals surface area contributed by atoms with Gasteiger partial charge >= 0.3 is 0 Å². The van der Waals surface area contributed by atoms with Crippen molar-refractivity contribution in [3.8, 4) is 11.5 Å². The second kappa shape index (κ2) is 4.41. The molecule has 0 bridgehead atoms. The molecule has 1 aliphatic rings. The molecule has 1 N–H and O–H groups in total. The molecule has 18 heavy (non-hydrogen) atoms. The summed E-state index contributed by atoms with van der Waals surface area (Å²) < 4.78 is 11.9. The van der Waals surface area contributed by atoms with Gasteiger partial charge in [-0.25, -0.2) is 0 Å². The van der Waals surface area contributed by atoms with E-state index in [1.165, 1.54) is 0 Å². The first-order chi connectivity index (χ1) is 8.78. The van der Waals surface area contributed by atoms with Crippen LogP contribution in [0.1, 0.15) is 11.4 Å². The molecule has 0 saturated carbocycles. The molecule has 0 unspecified atom stereocenters. The van der Waals surface area contributed by atoms with Gasteiger partial charge in [0.1, 0.15) is 6.61 Å². The zero-order chi connectivity index (χ0) is 12.5. The Balaban J connectivity index is 2.09. The number of rotatable bonds is 2. The van der Waals surface area contributed by atoms with Crippen LogP contribution in [0.5, 0.6) is 11.5 Å². The van der Waals surface area contributed by atoms with Gasteiger partial charge in [-0.05, 0) is 23.4 Å². The number of benzene rings is 1. The first-order valence-corrected chi connectivity index (χ1v) is 6.02. The first-order valence-electron chi connectivity index (χ1n) is 5.22. The molecule has 6 nitrogen and oxygen atoms in total. The van der Waals surface area contributed by atoms with Gasteiger partial charge in [0, 0.05) is 15.6 Å². The van der Waals surface area contributed by atoms with Crippen molar-refractivity contribution < 1.29 is 9.47 Å². The van der Waals surface area contributed by atoms with Crippen molar-refractivity contribution in [2.45, 2.75) is 0 Å². The summed E-state index contributed by atoms with van der Waals surface area (Å²) in [6, 6.07) is 3.82. The Morgan fingerprint density at radius 3 is 3.06 bits per heavy atom. The Bertz CT molecular complexity index is 610. The number of fused-ring (bicyclic) bond motifs is 1. The summed E-state index contributed by atoms with van der Waals surface area (Å²) in [6.45, 7) is 0.393. The molecular weight excluding hydrogens is 300 g/mol. The van der Waals surface area contributed by atoms with E-state index < -0.39 is 0 Å². The highest BCUT2D eigenvalue weighted by Crippen LogP contribution is 2.39. The van der Waals surface area contributed by atoms with Gasteiger partial charge < -0.3 is 9.47 Å². The standard InChI is InChI=1S/C11H9BrN4O2/c1-17-9-4-8(12)3-6-2-7(5-18-10(6)9)11-13-15-16-14-11/h2-4H,5H2,1H3,(H,13,14,15,16). The summed E-state index contributed by atoms with van der Waals surface area (Å²) in [5.41, 5.74) is 1.80. The van der Waals surface area contributed by atoms with Crippen molar-refractivity contribution in [1.29, 1.82) is 0 Å². The van der Waals surface area contributed by atoms with Crippen LogP contribution in [0.15, 0.2) is 16.6 Å². The van der Waals surface area contributed by atoms with Gasteiger partial charge in [-0.15, -0.1) is 10.2 Å². The number of aromatic nitrogens is 4. The molecular formula is C11H9BrN4O2. The summed E-state index contributed by atoms with van der Waals surface area (Å²) >= 11 is 3.44. The predicted octanol–water partition coefficient (Wildman–Crippen LogP) is 1.90. The quantitative estimate of drug-likeness (QED) is 0.917. The van der Waals surface area contributed by atoms with Crippen molar-refractivity contribution in [2.75, 3.05) is 13.7 Å². The molecule has 1 aliphatic heterocycles. The van der Waals surface area contributed by atoms with E-state index in [0.29, 0.717) is 18.2 Å². The zero-order valence-electron chi connectivity index (χ0n) is 9.48. The van der Waals surface area contributed by atoms with Crippen molar-refractivity contribution in [3.63, 3.8) is 0 Å². The summed E-state index contributed by atoms with van der Waals surface area (Å²) in [7, 11) is 1.61. The molecule has 0 amide bonds.